The normalized spacial score (nSPS) is 25.8. The minimum Gasteiger partial charge on any atom is -0.372 e. The Labute approximate surface area is 98.1 Å². The number of nitrogens with two attached hydrogens (primary N) is 1. The van der Waals surface area contributed by atoms with E-state index in [1.54, 1.807) is 0 Å². The molecule has 1 aliphatic rings. The summed E-state index contributed by atoms with van der Waals surface area (Å²) in [5.74, 6) is 0.816. The van der Waals surface area contributed by atoms with Crippen molar-refractivity contribution in [2.75, 3.05) is 26.3 Å². The first kappa shape index (κ1) is 13.5. The third kappa shape index (κ3) is 3.46. The van der Waals surface area contributed by atoms with Crippen LogP contribution in [0, 0.1) is 5.92 Å². The lowest BCUT2D eigenvalue weighted by Crippen LogP contribution is -2.50. The van der Waals surface area contributed by atoms with Crippen LogP contribution in [0.15, 0.2) is 0 Å². The molecular weight excluding hydrogens is 204 g/mol. The number of carbonyl (C=O) groups is 1. The van der Waals surface area contributed by atoms with Gasteiger partial charge < -0.3 is 15.4 Å². The van der Waals surface area contributed by atoms with E-state index in [0.717, 1.165) is 25.3 Å². The number of carbonyl (C=O) groups excluding carboxylic acids is 1. The number of piperidine rings is 1. The molecule has 0 aromatic carbocycles. The highest BCUT2D eigenvalue weighted by atomic mass is 16.5. The summed E-state index contributed by atoms with van der Waals surface area (Å²) >= 11 is 0. The molecule has 0 radical (unpaired) electrons. The monoisotopic (exact) mass is 228 g/mol. The first-order valence-electron chi connectivity index (χ1n) is 6.30. The van der Waals surface area contributed by atoms with E-state index in [2.05, 4.69) is 6.92 Å². The summed E-state index contributed by atoms with van der Waals surface area (Å²) < 4.78 is 5.16. The molecule has 1 heterocycles. The van der Waals surface area contributed by atoms with Crippen molar-refractivity contribution in [3.8, 4) is 0 Å². The van der Waals surface area contributed by atoms with Crippen molar-refractivity contribution in [2.45, 2.75) is 39.2 Å². The van der Waals surface area contributed by atoms with E-state index in [0.29, 0.717) is 13.2 Å². The SMILES string of the molecule is CCOCC(=O)N1CCC(CC)CC1CN. The molecule has 0 aromatic heterocycles. The molecule has 0 spiro atoms. The molecule has 16 heavy (non-hydrogen) atoms. The van der Waals surface area contributed by atoms with Crippen LogP contribution in [0.1, 0.15) is 33.1 Å². The zero-order valence-electron chi connectivity index (χ0n) is 10.4. The topological polar surface area (TPSA) is 55.6 Å². The van der Waals surface area contributed by atoms with Gasteiger partial charge in [-0.3, -0.25) is 4.79 Å². The predicted molar refractivity (Wildman–Crippen MR) is 64.1 cm³/mol. The lowest BCUT2D eigenvalue weighted by Gasteiger charge is -2.38. The van der Waals surface area contributed by atoms with Gasteiger partial charge in [0.05, 0.1) is 0 Å². The molecule has 4 nitrogen and oxygen atoms in total. The highest BCUT2D eigenvalue weighted by Gasteiger charge is 2.29. The Balaban J connectivity index is 2.49. The number of likely N-dealkylation sites (tertiary alicyclic amines) is 1. The van der Waals surface area contributed by atoms with Gasteiger partial charge in [-0.1, -0.05) is 13.3 Å². The minimum atomic E-state index is 0.0897. The van der Waals surface area contributed by atoms with Crippen LogP contribution in [0.3, 0.4) is 0 Å². The average molecular weight is 228 g/mol. The number of rotatable bonds is 5. The van der Waals surface area contributed by atoms with Crippen molar-refractivity contribution in [2.24, 2.45) is 11.7 Å². The minimum absolute atomic E-state index is 0.0897. The zero-order valence-corrected chi connectivity index (χ0v) is 10.4. The van der Waals surface area contributed by atoms with Crippen molar-refractivity contribution in [1.82, 2.24) is 4.90 Å². The van der Waals surface area contributed by atoms with Gasteiger partial charge in [-0.15, -0.1) is 0 Å². The fraction of sp³-hybridized carbons (Fsp3) is 0.917. The first-order valence-corrected chi connectivity index (χ1v) is 6.30. The summed E-state index contributed by atoms with van der Waals surface area (Å²) in [7, 11) is 0. The van der Waals surface area contributed by atoms with Crippen molar-refractivity contribution in [3.63, 3.8) is 0 Å². The molecule has 0 saturated carbocycles. The Morgan fingerprint density at radius 1 is 1.50 bits per heavy atom. The molecular formula is C12H24N2O2. The fourth-order valence-corrected chi connectivity index (χ4v) is 2.33. The number of hydrogen-bond donors (Lipinski definition) is 1. The van der Waals surface area contributed by atoms with Gasteiger partial charge in [0.15, 0.2) is 0 Å². The van der Waals surface area contributed by atoms with Crippen LogP contribution >= 0.6 is 0 Å². The molecule has 2 unspecified atom stereocenters. The van der Waals surface area contributed by atoms with E-state index in [4.69, 9.17) is 10.5 Å². The highest BCUT2D eigenvalue weighted by Crippen LogP contribution is 2.24. The largest absolute Gasteiger partial charge is 0.372 e. The van der Waals surface area contributed by atoms with Crippen LogP contribution in [0.25, 0.3) is 0 Å². The first-order chi connectivity index (χ1) is 7.72. The fourth-order valence-electron chi connectivity index (χ4n) is 2.33. The van der Waals surface area contributed by atoms with Gasteiger partial charge in [-0.05, 0) is 25.7 Å². The smallest absolute Gasteiger partial charge is 0.248 e. The standard InChI is InChI=1S/C12H24N2O2/c1-3-10-5-6-14(11(7-10)8-13)12(15)9-16-4-2/h10-11H,3-9,13H2,1-2H3. The molecule has 1 aliphatic heterocycles. The van der Waals surface area contributed by atoms with E-state index in [1.165, 1.54) is 6.42 Å². The second-order valence-corrected chi connectivity index (χ2v) is 4.41. The highest BCUT2D eigenvalue weighted by molar-refractivity contribution is 5.77. The Morgan fingerprint density at radius 2 is 2.25 bits per heavy atom. The van der Waals surface area contributed by atoms with Crippen molar-refractivity contribution in [3.05, 3.63) is 0 Å². The molecule has 0 aromatic rings. The molecule has 0 aliphatic carbocycles. The lowest BCUT2D eigenvalue weighted by atomic mass is 9.89. The zero-order chi connectivity index (χ0) is 12.0. The number of amides is 1. The molecule has 1 fully saturated rings. The molecule has 2 N–H and O–H groups in total. The van der Waals surface area contributed by atoms with Gasteiger partial charge in [0.25, 0.3) is 0 Å². The molecule has 1 saturated heterocycles. The third-order valence-electron chi connectivity index (χ3n) is 3.42. The Kier molecular flexibility index (Phi) is 5.77. The summed E-state index contributed by atoms with van der Waals surface area (Å²) in [5, 5.41) is 0. The van der Waals surface area contributed by atoms with E-state index < -0.39 is 0 Å². The van der Waals surface area contributed by atoms with Crippen LogP contribution in [0.5, 0.6) is 0 Å². The van der Waals surface area contributed by atoms with Crippen LogP contribution in [0.4, 0.5) is 0 Å². The molecule has 2 atom stereocenters. The lowest BCUT2D eigenvalue weighted by molar-refractivity contribution is -0.140. The van der Waals surface area contributed by atoms with Crippen LogP contribution in [-0.4, -0.2) is 43.2 Å². The van der Waals surface area contributed by atoms with Crippen molar-refractivity contribution in [1.29, 1.82) is 0 Å². The summed E-state index contributed by atoms with van der Waals surface area (Å²) in [4.78, 5) is 13.8. The Morgan fingerprint density at radius 3 is 2.81 bits per heavy atom. The molecule has 4 heteroatoms. The average Bonchev–Trinajstić information content (AvgIpc) is 2.34. The van der Waals surface area contributed by atoms with Gasteiger partial charge in [-0.2, -0.15) is 0 Å². The van der Waals surface area contributed by atoms with Gasteiger partial charge in [0, 0.05) is 25.7 Å². The summed E-state index contributed by atoms with van der Waals surface area (Å²) in [5.41, 5.74) is 5.74. The Hall–Kier alpha value is -0.610. The van der Waals surface area contributed by atoms with E-state index >= 15 is 0 Å². The maximum atomic E-state index is 11.9. The number of nitrogens with zero attached hydrogens (tertiary/aromatic N) is 1. The molecule has 1 rings (SSSR count). The quantitative estimate of drug-likeness (QED) is 0.763. The van der Waals surface area contributed by atoms with E-state index in [9.17, 15) is 4.79 Å². The number of hydrogen-bond acceptors (Lipinski definition) is 3. The maximum absolute atomic E-state index is 11.9. The Bertz CT molecular complexity index is 221. The molecule has 94 valence electrons. The summed E-state index contributed by atoms with van der Waals surface area (Å²) in [6.07, 6.45) is 3.33. The second kappa shape index (κ2) is 6.86. The van der Waals surface area contributed by atoms with Crippen molar-refractivity contribution < 1.29 is 9.53 Å². The molecule has 1 amide bonds. The van der Waals surface area contributed by atoms with Crippen molar-refractivity contribution >= 4 is 5.91 Å². The summed E-state index contributed by atoms with van der Waals surface area (Å²) in [6.45, 7) is 6.29. The van der Waals surface area contributed by atoms with Crippen LogP contribution in [-0.2, 0) is 9.53 Å². The van der Waals surface area contributed by atoms with E-state index in [-0.39, 0.29) is 18.6 Å². The van der Waals surface area contributed by atoms with Crippen LogP contribution < -0.4 is 5.73 Å². The van der Waals surface area contributed by atoms with Gasteiger partial charge >= 0.3 is 0 Å². The maximum Gasteiger partial charge on any atom is 0.248 e. The second-order valence-electron chi connectivity index (χ2n) is 4.41. The van der Waals surface area contributed by atoms with Gasteiger partial charge in [0.2, 0.25) is 5.91 Å². The van der Waals surface area contributed by atoms with E-state index in [1.807, 2.05) is 11.8 Å². The summed E-state index contributed by atoms with van der Waals surface area (Å²) in [6, 6.07) is 0.214. The van der Waals surface area contributed by atoms with Crippen LogP contribution in [0.2, 0.25) is 0 Å². The third-order valence-corrected chi connectivity index (χ3v) is 3.42. The molecule has 0 bridgehead atoms. The predicted octanol–water partition coefficient (Wildman–Crippen LogP) is 0.999. The van der Waals surface area contributed by atoms with Gasteiger partial charge in [-0.25, -0.2) is 0 Å². The number of ether oxygens (including phenoxy) is 1. The van der Waals surface area contributed by atoms with Gasteiger partial charge in [0.1, 0.15) is 6.61 Å².